The molecule has 138 valence electrons. The van der Waals surface area contributed by atoms with Crippen LogP contribution in [0.1, 0.15) is 43.0 Å². The number of hydrogen-bond acceptors (Lipinski definition) is 4. The molecule has 1 aromatic rings. The number of carbonyl (C=O) groups is 1. The summed E-state index contributed by atoms with van der Waals surface area (Å²) in [6.07, 6.45) is 6.96. The molecule has 3 heterocycles. The van der Waals surface area contributed by atoms with E-state index in [0.717, 1.165) is 30.7 Å². The van der Waals surface area contributed by atoms with Crippen molar-refractivity contribution in [2.24, 2.45) is 11.8 Å². The fourth-order valence-electron chi connectivity index (χ4n) is 3.99. The average Bonchev–Trinajstić information content (AvgIpc) is 2.63. The van der Waals surface area contributed by atoms with Crippen molar-refractivity contribution in [3.05, 3.63) is 23.9 Å². The Bertz CT molecular complexity index is 564. The van der Waals surface area contributed by atoms with Crippen LogP contribution in [0.25, 0.3) is 0 Å². The Morgan fingerprint density at radius 1 is 1.20 bits per heavy atom. The molecule has 0 aromatic carbocycles. The van der Waals surface area contributed by atoms with Gasteiger partial charge in [-0.15, -0.1) is 0 Å². The molecule has 3 rings (SSSR count). The molecule has 5 heteroatoms. The highest BCUT2D eigenvalue weighted by Crippen LogP contribution is 2.24. The van der Waals surface area contributed by atoms with Crippen molar-refractivity contribution in [3.63, 3.8) is 0 Å². The Labute approximate surface area is 152 Å². The van der Waals surface area contributed by atoms with Crippen molar-refractivity contribution in [3.8, 4) is 0 Å². The van der Waals surface area contributed by atoms with Gasteiger partial charge in [0, 0.05) is 39.9 Å². The van der Waals surface area contributed by atoms with Gasteiger partial charge in [0.2, 0.25) is 0 Å². The van der Waals surface area contributed by atoms with Gasteiger partial charge < -0.3 is 14.7 Å². The molecular weight excluding hydrogens is 312 g/mol. The summed E-state index contributed by atoms with van der Waals surface area (Å²) in [7, 11) is 3.54. The molecule has 1 atom stereocenters. The second-order valence-corrected chi connectivity index (χ2v) is 8.04. The van der Waals surface area contributed by atoms with Gasteiger partial charge in [-0.1, -0.05) is 6.92 Å². The largest absolute Gasteiger partial charge is 0.356 e. The third-order valence-electron chi connectivity index (χ3n) is 5.64. The summed E-state index contributed by atoms with van der Waals surface area (Å²) < 4.78 is 0. The van der Waals surface area contributed by atoms with Crippen LogP contribution in [0.3, 0.4) is 0 Å². The number of aromatic nitrogens is 1. The van der Waals surface area contributed by atoms with Crippen molar-refractivity contribution in [1.29, 1.82) is 0 Å². The molecule has 25 heavy (non-hydrogen) atoms. The fourth-order valence-corrected chi connectivity index (χ4v) is 3.99. The van der Waals surface area contributed by atoms with Crippen LogP contribution < -0.4 is 4.90 Å². The minimum absolute atomic E-state index is 0.00916. The monoisotopic (exact) mass is 344 g/mol. The highest BCUT2D eigenvalue weighted by molar-refractivity contribution is 5.93. The molecule has 2 aliphatic rings. The van der Waals surface area contributed by atoms with Crippen molar-refractivity contribution in [1.82, 2.24) is 14.8 Å². The highest BCUT2D eigenvalue weighted by Gasteiger charge is 2.25. The zero-order valence-electron chi connectivity index (χ0n) is 15.9. The maximum Gasteiger partial charge on any atom is 0.254 e. The van der Waals surface area contributed by atoms with Crippen LogP contribution >= 0.6 is 0 Å². The van der Waals surface area contributed by atoms with Crippen molar-refractivity contribution >= 4 is 11.7 Å². The first-order valence-electron chi connectivity index (χ1n) is 9.68. The minimum Gasteiger partial charge on any atom is -0.356 e. The number of rotatable bonds is 4. The summed E-state index contributed by atoms with van der Waals surface area (Å²) >= 11 is 0. The molecule has 2 aliphatic heterocycles. The van der Waals surface area contributed by atoms with Crippen LogP contribution in [0.5, 0.6) is 0 Å². The van der Waals surface area contributed by atoms with Crippen molar-refractivity contribution in [2.75, 3.05) is 51.7 Å². The second kappa shape index (κ2) is 8.17. The highest BCUT2D eigenvalue weighted by atomic mass is 16.2. The standard InChI is InChI=1S/C20H32N4O/c1-16-8-11-23(12-9-16)14-17-5-4-10-24(15-17)19-7-6-18(13-21-19)20(25)22(2)3/h6-7,13,16-17H,4-5,8-12,14-15H2,1-3H3. The van der Waals surface area contributed by atoms with Crippen LogP contribution in [-0.4, -0.2) is 67.5 Å². The zero-order chi connectivity index (χ0) is 17.8. The van der Waals surface area contributed by atoms with E-state index in [2.05, 4.69) is 21.7 Å². The zero-order valence-corrected chi connectivity index (χ0v) is 15.9. The summed E-state index contributed by atoms with van der Waals surface area (Å²) in [5, 5.41) is 0. The molecule has 0 N–H and O–H groups in total. The predicted molar refractivity (Wildman–Crippen MR) is 102 cm³/mol. The lowest BCUT2D eigenvalue weighted by Crippen LogP contribution is -2.43. The summed E-state index contributed by atoms with van der Waals surface area (Å²) in [6.45, 7) is 8.27. The van der Waals surface area contributed by atoms with Crippen LogP contribution in [-0.2, 0) is 0 Å². The lowest BCUT2D eigenvalue weighted by Gasteiger charge is -2.38. The third kappa shape index (κ3) is 4.72. The maximum atomic E-state index is 12.0. The number of hydrogen-bond donors (Lipinski definition) is 0. The maximum absolute atomic E-state index is 12.0. The molecule has 1 unspecified atom stereocenters. The van der Waals surface area contributed by atoms with E-state index in [1.54, 1.807) is 25.2 Å². The van der Waals surface area contributed by atoms with Gasteiger partial charge in [-0.3, -0.25) is 4.79 Å². The molecule has 0 radical (unpaired) electrons. The van der Waals surface area contributed by atoms with Crippen molar-refractivity contribution in [2.45, 2.75) is 32.6 Å². The van der Waals surface area contributed by atoms with E-state index < -0.39 is 0 Å². The molecule has 2 saturated heterocycles. The van der Waals surface area contributed by atoms with E-state index in [9.17, 15) is 4.79 Å². The number of anilines is 1. The summed E-state index contributed by atoms with van der Waals surface area (Å²) in [5.41, 5.74) is 0.657. The molecule has 0 saturated carbocycles. The van der Waals surface area contributed by atoms with Crippen LogP contribution in [0.15, 0.2) is 18.3 Å². The normalized spacial score (nSPS) is 22.8. The fraction of sp³-hybridized carbons (Fsp3) is 0.700. The van der Waals surface area contributed by atoms with E-state index in [-0.39, 0.29) is 5.91 Å². The number of carbonyl (C=O) groups excluding carboxylic acids is 1. The summed E-state index contributed by atoms with van der Waals surface area (Å²) in [5.74, 6) is 2.64. The predicted octanol–water partition coefficient (Wildman–Crippen LogP) is 2.73. The average molecular weight is 345 g/mol. The van der Waals surface area contributed by atoms with Crippen LogP contribution in [0, 0.1) is 11.8 Å². The Kier molecular flexibility index (Phi) is 5.94. The first kappa shape index (κ1) is 18.2. The molecule has 0 bridgehead atoms. The Hall–Kier alpha value is -1.62. The number of likely N-dealkylation sites (tertiary alicyclic amines) is 1. The molecule has 2 fully saturated rings. The molecular formula is C20H32N4O. The van der Waals surface area contributed by atoms with Crippen LogP contribution in [0.4, 0.5) is 5.82 Å². The van der Waals surface area contributed by atoms with Crippen LogP contribution in [0.2, 0.25) is 0 Å². The summed E-state index contributed by atoms with van der Waals surface area (Å²) in [6, 6.07) is 3.90. The first-order valence-corrected chi connectivity index (χ1v) is 9.68. The molecule has 5 nitrogen and oxygen atoms in total. The first-order chi connectivity index (χ1) is 12.0. The van der Waals surface area contributed by atoms with Crippen molar-refractivity contribution < 1.29 is 4.79 Å². The lowest BCUT2D eigenvalue weighted by atomic mass is 9.94. The SMILES string of the molecule is CC1CCN(CC2CCCN(c3ccc(C(=O)N(C)C)cn3)C2)CC1. The van der Waals surface area contributed by atoms with Gasteiger partial charge in [-0.05, 0) is 62.7 Å². The van der Waals surface area contributed by atoms with Gasteiger partial charge in [0.1, 0.15) is 5.82 Å². The number of piperidine rings is 2. The van der Waals surface area contributed by atoms with E-state index in [1.165, 1.54) is 45.3 Å². The number of amides is 1. The molecule has 0 aliphatic carbocycles. The van der Waals surface area contributed by atoms with Gasteiger partial charge in [-0.25, -0.2) is 4.98 Å². The quantitative estimate of drug-likeness (QED) is 0.842. The Morgan fingerprint density at radius 3 is 2.60 bits per heavy atom. The van der Waals surface area contributed by atoms with Gasteiger partial charge >= 0.3 is 0 Å². The van der Waals surface area contributed by atoms with E-state index in [4.69, 9.17) is 0 Å². The topological polar surface area (TPSA) is 39.7 Å². The second-order valence-electron chi connectivity index (χ2n) is 8.04. The number of pyridine rings is 1. The molecule has 0 spiro atoms. The third-order valence-corrected chi connectivity index (χ3v) is 5.64. The van der Waals surface area contributed by atoms with E-state index in [0.29, 0.717) is 5.56 Å². The van der Waals surface area contributed by atoms with E-state index in [1.807, 2.05) is 12.1 Å². The van der Waals surface area contributed by atoms with Gasteiger partial charge in [0.05, 0.1) is 5.56 Å². The van der Waals surface area contributed by atoms with Gasteiger partial charge in [0.15, 0.2) is 0 Å². The number of nitrogens with zero attached hydrogens (tertiary/aromatic N) is 4. The molecule has 1 amide bonds. The summed E-state index contributed by atoms with van der Waals surface area (Å²) in [4.78, 5) is 23.2. The lowest BCUT2D eigenvalue weighted by molar-refractivity contribution is 0.0827. The minimum atomic E-state index is 0.00916. The Balaban J connectivity index is 1.56. The smallest absolute Gasteiger partial charge is 0.254 e. The Morgan fingerprint density at radius 2 is 1.96 bits per heavy atom. The van der Waals surface area contributed by atoms with Gasteiger partial charge in [-0.2, -0.15) is 0 Å². The van der Waals surface area contributed by atoms with E-state index >= 15 is 0 Å². The van der Waals surface area contributed by atoms with Gasteiger partial charge in [0.25, 0.3) is 5.91 Å². The molecule has 1 aromatic heterocycles.